The highest BCUT2D eigenvalue weighted by atomic mass is 16.1. The third-order valence-electron chi connectivity index (χ3n) is 5.12. The molecule has 2 nitrogen and oxygen atoms in total. The van der Waals surface area contributed by atoms with Crippen molar-refractivity contribution >= 4 is 11.6 Å². The standard InChI is InChI=1S/C14H20O2/c15-13-5-1-3-9-10-4-2-6-14(16)12(10)8-7-11(9)13/h9-12H,1-8H2/t9-,10+,11+,12-. The Balaban J connectivity index is 1.83. The Kier molecular flexibility index (Phi) is 2.61. The highest BCUT2D eigenvalue weighted by Crippen LogP contribution is 2.49. The number of hydrogen-bond donors (Lipinski definition) is 0. The van der Waals surface area contributed by atoms with E-state index < -0.39 is 0 Å². The molecular formula is C14H20O2. The first-order valence-electron chi connectivity index (χ1n) is 6.83. The highest BCUT2D eigenvalue weighted by Gasteiger charge is 2.46. The summed E-state index contributed by atoms with van der Waals surface area (Å²) in [5.74, 6) is 2.75. The molecule has 3 fully saturated rings. The van der Waals surface area contributed by atoms with E-state index >= 15 is 0 Å². The molecule has 0 aromatic carbocycles. The first kappa shape index (κ1) is 10.5. The van der Waals surface area contributed by atoms with Crippen LogP contribution in [-0.4, -0.2) is 11.6 Å². The van der Waals surface area contributed by atoms with Gasteiger partial charge in [-0.05, 0) is 50.4 Å². The zero-order chi connectivity index (χ0) is 11.1. The van der Waals surface area contributed by atoms with Crippen LogP contribution in [0.1, 0.15) is 51.4 Å². The molecule has 0 unspecified atom stereocenters. The van der Waals surface area contributed by atoms with E-state index in [-0.39, 0.29) is 0 Å². The number of hydrogen-bond acceptors (Lipinski definition) is 2. The van der Waals surface area contributed by atoms with Crippen molar-refractivity contribution in [3.05, 3.63) is 0 Å². The fourth-order valence-corrected chi connectivity index (χ4v) is 4.41. The van der Waals surface area contributed by atoms with Gasteiger partial charge in [-0.25, -0.2) is 0 Å². The zero-order valence-corrected chi connectivity index (χ0v) is 9.78. The van der Waals surface area contributed by atoms with Gasteiger partial charge in [-0.1, -0.05) is 0 Å². The van der Waals surface area contributed by atoms with Crippen LogP contribution in [0.15, 0.2) is 0 Å². The summed E-state index contributed by atoms with van der Waals surface area (Å²) in [6.45, 7) is 0. The van der Waals surface area contributed by atoms with Crippen molar-refractivity contribution in [3.8, 4) is 0 Å². The highest BCUT2D eigenvalue weighted by molar-refractivity contribution is 5.85. The Morgan fingerprint density at radius 2 is 1.12 bits per heavy atom. The maximum absolute atomic E-state index is 11.9. The molecule has 0 amide bonds. The minimum atomic E-state index is 0.320. The monoisotopic (exact) mass is 220 g/mol. The molecule has 2 heteroatoms. The van der Waals surface area contributed by atoms with Crippen LogP contribution in [0.4, 0.5) is 0 Å². The second-order valence-corrected chi connectivity index (χ2v) is 5.84. The van der Waals surface area contributed by atoms with E-state index in [1.54, 1.807) is 0 Å². The van der Waals surface area contributed by atoms with Gasteiger partial charge in [-0.3, -0.25) is 9.59 Å². The number of carbonyl (C=O) groups excluding carboxylic acids is 2. The van der Waals surface area contributed by atoms with E-state index in [4.69, 9.17) is 0 Å². The van der Waals surface area contributed by atoms with Crippen molar-refractivity contribution in [2.24, 2.45) is 23.7 Å². The maximum Gasteiger partial charge on any atom is 0.136 e. The number of rotatable bonds is 0. The van der Waals surface area contributed by atoms with Crippen LogP contribution in [0, 0.1) is 23.7 Å². The molecule has 0 bridgehead atoms. The summed E-state index contributed by atoms with van der Waals surface area (Å²) in [6.07, 6.45) is 8.12. The van der Waals surface area contributed by atoms with Crippen LogP contribution in [0.25, 0.3) is 0 Å². The lowest BCUT2D eigenvalue weighted by Crippen LogP contribution is -2.45. The molecule has 3 aliphatic rings. The van der Waals surface area contributed by atoms with Gasteiger partial charge in [0.25, 0.3) is 0 Å². The largest absolute Gasteiger partial charge is 0.299 e. The second kappa shape index (κ2) is 3.97. The number of ketones is 2. The molecule has 0 aromatic heterocycles. The smallest absolute Gasteiger partial charge is 0.136 e. The molecule has 0 aliphatic heterocycles. The first-order chi connectivity index (χ1) is 7.77. The average Bonchev–Trinajstić information content (AvgIpc) is 2.30. The van der Waals surface area contributed by atoms with Gasteiger partial charge in [0.2, 0.25) is 0 Å². The minimum Gasteiger partial charge on any atom is -0.299 e. The van der Waals surface area contributed by atoms with E-state index in [2.05, 4.69) is 0 Å². The van der Waals surface area contributed by atoms with Gasteiger partial charge >= 0.3 is 0 Å². The van der Waals surface area contributed by atoms with Gasteiger partial charge in [0.05, 0.1) is 0 Å². The zero-order valence-electron chi connectivity index (χ0n) is 9.78. The van der Waals surface area contributed by atoms with Crippen LogP contribution in [0.2, 0.25) is 0 Å². The Morgan fingerprint density at radius 1 is 0.688 bits per heavy atom. The Morgan fingerprint density at radius 3 is 1.56 bits per heavy atom. The quantitative estimate of drug-likeness (QED) is 0.629. The third-order valence-corrected chi connectivity index (χ3v) is 5.12. The first-order valence-corrected chi connectivity index (χ1v) is 6.83. The minimum absolute atomic E-state index is 0.320. The molecule has 0 spiro atoms. The lowest BCUT2D eigenvalue weighted by molar-refractivity contribution is -0.139. The molecule has 0 N–H and O–H groups in total. The summed E-state index contributed by atoms with van der Waals surface area (Å²) in [4.78, 5) is 23.8. The fraction of sp³-hybridized carbons (Fsp3) is 0.857. The van der Waals surface area contributed by atoms with Crippen molar-refractivity contribution in [2.45, 2.75) is 51.4 Å². The lowest BCUT2D eigenvalue weighted by atomic mass is 9.57. The summed E-state index contributed by atoms with van der Waals surface area (Å²) in [5.41, 5.74) is 0. The molecule has 3 rings (SSSR count). The molecule has 0 aromatic rings. The van der Waals surface area contributed by atoms with E-state index in [1.807, 2.05) is 0 Å². The van der Waals surface area contributed by atoms with Gasteiger partial charge in [-0.2, -0.15) is 0 Å². The van der Waals surface area contributed by atoms with Gasteiger partial charge in [0, 0.05) is 24.7 Å². The lowest BCUT2D eigenvalue weighted by Gasteiger charge is -2.46. The normalized spacial score (nSPS) is 43.8. The molecule has 3 saturated carbocycles. The van der Waals surface area contributed by atoms with Gasteiger partial charge in [0.15, 0.2) is 0 Å². The Bertz CT molecular complexity index is 289. The molecule has 0 radical (unpaired) electrons. The molecular weight excluding hydrogens is 200 g/mol. The van der Waals surface area contributed by atoms with Crippen LogP contribution in [-0.2, 0) is 9.59 Å². The predicted molar refractivity (Wildman–Crippen MR) is 60.9 cm³/mol. The van der Waals surface area contributed by atoms with E-state index in [0.29, 0.717) is 35.2 Å². The summed E-state index contributed by atoms with van der Waals surface area (Å²) in [7, 11) is 0. The van der Waals surface area contributed by atoms with E-state index in [9.17, 15) is 9.59 Å². The predicted octanol–water partition coefficient (Wildman–Crippen LogP) is 2.75. The van der Waals surface area contributed by atoms with Crippen molar-refractivity contribution in [1.82, 2.24) is 0 Å². The van der Waals surface area contributed by atoms with Crippen LogP contribution in [0.5, 0.6) is 0 Å². The summed E-state index contributed by atoms with van der Waals surface area (Å²) in [5, 5.41) is 0. The van der Waals surface area contributed by atoms with E-state index in [0.717, 1.165) is 38.5 Å². The number of fused-ring (bicyclic) bond motifs is 3. The third kappa shape index (κ3) is 1.54. The van der Waals surface area contributed by atoms with Gasteiger partial charge in [0.1, 0.15) is 11.6 Å². The molecule has 3 aliphatic carbocycles. The van der Waals surface area contributed by atoms with E-state index in [1.165, 1.54) is 12.8 Å². The number of carbonyl (C=O) groups is 2. The average molecular weight is 220 g/mol. The molecule has 88 valence electrons. The summed E-state index contributed by atoms with van der Waals surface area (Å²) >= 11 is 0. The van der Waals surface area contributed by atoms with Crippen LogP contribution in [0.3, 0.4) is 0 Å². The SMILES string of the molecule is O=C1CCC[C@@H]2[C@@H]3CCCC(=O)[C@@H]3CC[C@H]12. The fourth-order valence-electron chi connectivity index (χ4n) is 4.41. The molecule has 4 atom stereocenters. The summed E-state index contributed by atoms with van der Waals surface area (Å²) in [6, 6.07) is 0. The molecule has 0 saturated heterocycles. The van der Waals surface area contributed by atoms with Crippen molar-refractivity contribution in [3.63, 3.8) is 0 Å². The Hall–Kier alpha value is -0.660. The van der Waals surface area contributed by atoms with Crippen molar-refractivity contribution in [2.75, 3.05) is 0 Å². The van der Waals surface area contributed by atoms with Crippen molar-refractivity contribution < 1.29 is 9.59 Å². The molecule has 0 heterocycles. The topological polar surface area (TPSA) is 34.1 Å². The van der Waals surface area contributed by atoms with Gasteiger partial charge in [-0.15, -0.1) is 0 Å². The van der Waals surface area contributed by atoms with Crippen LogP contribution >= 0.6 is 0 Å². The number of Topliss-reactive ketones (excluding diaryl/α,β-unsaturated/α-hetero) is 2. The molecule has 16 heavy (non-hydrogen) atoms. The van der Waals surface area contributed by atoms with Gasteiger partial charge < -0.3 is 0 Å². The van der Waals surface area contributed by atoms with Crippen LogP contribution < -0.4 is 0 Å². The Labute approximate surface area is 96.8 Å². The summed E-state index contributed by atoms with van der Waals surface area (Å²) < 4.78 is 0. The maximum atomic E-state index is 11.9. The van der Waals surface area contributed by atoms with Crippen molar-refractivity contribution in [1.29, 1.82) is 0 Å². The second-order valence-electron chi connectivity index (χ2n) is 5.84.